The quantitative estimate of drug-likeness (QED) is 0.491. The van der Waals surface area contributed by atoms with Crippen LogP contribution in [0.5, 0.6) is 0 Å². The number of hydrogen-bond donors (Lipinski definition) is 2. The minimum Gasteiger partial charge on any atom is -0.465 e. The average molecular weight is 263 g/mol. The van der Waals surface area contributed by atoms with Gasteiger partial charge in [-0.3, -0.25) is 15.6 Å². The first-order valence-electron chi connectivity index (χ1n) is 4.37. The number of amides is 1. The Morgan fingerprint density at radius 3 is 2.81 bits per heavy atom. The van der Waals surface area contributed by atoms with E-state index in [1.54, 1.807) is 5.38 Å². The van der Waals surface area contributed by atoms with Gasteiger partial charge in [-0.2, -0.15) is 0 Å². The predicted octanol–water partition coefficient (Wildman–Crippen LogP) is 1.53. The van der Waals surface area contributed by atoms with Gasteiger partial charge in [-0.05, 0) is 17.9 Å². The van der Waals surface area contributed by atoms with Crippen molar-refractivity contribution < 1.29 is 14.3 Å². The molecule has 2 N–H and O–H groups in total. The zero-order valence-electron chi connectivity index (χ0n) is 8.80. The second-order valence-corrected chi connectivity index (χ2v) is 4.07. The summed E-state index contributed by atoms with van der Waals surface area (Å²) in [4.78, 5) is 22.7. The highest BCUT2D eigenvalue weighted by Gasteiger charge is 2.16. The second kappa shape index (κ2) is 5.72. The molecule has 1 rings (SSSR count). The number of carbonyl (C=O) groups excluding carboxylic acids is 2. The number of rotatable bonds is 4. The Labute approximate surface area is 102 Å². The number of hydrogen-bond acceptors (Lipinski definition) is 5. The maximum Gasteiger partial charge on any atom is 0.350 e. The average Bonchev–Trinajstić information content (AvgIpc) is 2.66. The molecule has 1 amide bonds. The summed E-state index contributed by atoms with van der Waals surface area (Å²) in [5.74, 6) is -0.965. The molecule has 0 saturated carbocycles. The SMILES string of the molecule is COC(=O)c1scc(C)c1NNC(=O)CCl. The van der Waals surface area contributed by atoms with Crippen molar-refractivity contribution in [2.45, 2.75) is 6.92 Å². The Morgan fingerprint density at radius 2 is 2.25 bits per heavy atom. The highest BCUT2D eigenvalue weighted by Crippen LogP contribution is 2.27. The maximum atomic E-state index is 11.4. The Hall–Kier alpha value is -1.27. The van der Waals surface area contributed by atoms with E-state index in [-0.39, 0.29) is 11.8 Å². The minimum absolute atomic E-state index is 0.149. The lowest BCUT2D eigenvalue weighted by Gasteiger charge is -2.08. The molecule has 0 radical (unpaired) electrons. The molecule has 0 saturated heterocycles. The zero-order chi connectivity index (χ0) is 12.1. The summed E-state index contributed by atoms with van der Waals surface area (Å²) in [7, 11) is 1.30. The van der Waals surface area contributed by atoms with Gasteiger partial charge in [0.15, 0.2) is 0 Å². The van der Waals surface area contributed by atoms with Crippen LogP contribution >= 0.6 is 22.9 Å². The molecule has 0 aliphatic carbocycles. The van der Waals surface area contributed by atoms with Crippen LogP contribution in [0, 0.1) is 6.92 Å². The number of hydrazine groups is 1. The van der Waals surface area contributed by atoms with Gasteiger partial charge >= 0.3 is 5.97 Å². The fourth-order valence-electron chi connectivity index (χ4n) is 1.01. The lowest BCUT2D eigenvalue weighted by molar-refractivity contribution is -0.118. The third kappa shape index (κ3) is 2.86. The van der Waals surface area contributed by atoms with Crippen molar-refractivity contribution in [3.05, 3.63) is 15.8 Å². The van der Waals surface area contributed by atoms with Gasteiger partial charge in [-0.1, -0.05) is 0 Å². The molecule has 7 heteroatoms. The van der Waals surface area contributed by atoms with Crippen LogP contribution in [0.1, 0.15) is 15.2 Å². The highest BCUT2D eigenvalue weighted by molar-refractivity contribution is 7.12. The molecule has 1 heterocycles. The Morgan fingerprint density at radius 1 is 1.56 bits per heavy atom. The van der Waals surface area contributed by atoms with E-state index in [2.05, 4.69) is 15.6 Å². The van der Waals surface area contributed by atoms with E-state index in [9.17, 15) is 9.59 Å². The van der Waals surface area contributed by atoms with E-state index in [1.807, 2.05) is 6.92 Å². The molecule has 1 aromatic rings. The van der Waals surface area contributed by atoms with Crippen LogP contribution in [0.4, 0.5) is 5.69 Å². The van der Waals surface area contributed by atoms with Crippen LogP contribution in [0.25, 0.3) is 0 Å². The molecule has 88 valence electrons. The molecule has 16 heavy (non-hydrogen) atoms. The summed E-state index contributed by atoms with van der Waals surface area (Å²) in [6.07, 6.45) is 0. The molecular weight excluding hydrogens is 252 g/mol. The standard InChI is InChI=1S/C9H11ClN2O3S/c1-5-4-16-8(9(14)15-2)7(5)12-11-6(13)3-10/h4,12H,3H2,1-2H3,(H,11,13). The van der Waals surface area contributed by atoms with Gasteiger partial charge < -0.3 is 4.74 Å². The van der Waals surface area contributed by atoms with E-state index >= 15 is 0 Å². The summed E-state index contributed by atoms with van der Waals surface area (Å²) in [6, 6.07) is 0. The lowest BCUT2D eigenvalue weighted by Crippen LogP contribution is -2.31. The van der Waals surface area contributed by atoms with Crippen LogP contribution in [0.15, 0.2) is 5.38 Å². The van der Waals surface area contributed by atoms with Gasteiger partial charge in [-0.25, -0.2) is 4.79 Å². The number of anilines is 1. The van der Waals surface area contributed by atoms with Gasteiger partial charge in [-0.15, -0.1) is 22.9 Å². The molecule has 0 aliphatic rings. The molecule has 0 atom stereocenters. The van der Waals surface area contributed by atoms with E-state index in [0.717, 1.165) is 5.56 Å². The topological polar surface area (TPSA) is 67.4 Å². The molecule has 0 spiro atoms. The van der Waals surface area contributed by atoms with E-state index in [0.29, 0.717) is 10.6 Å². The molecule has 0 fully saturated rings. The lowest BCUT2D eigenvalue weighted by atomic mass is 10.3. The van der Waals surface area contributed by atoms with Crippen molar-refractivity contribution in [2.24, 2.45) is 0 Å². The van der Waals surface area contributed by atoms with Crippen molar-refractivity contribution in [1.29, 1.82) is 0 Å². The van der Waals surface area contributed by atoms with E-state index in [4.69, 9.17) is 11.6 Å². The second-order valence-electron chi connectivity index (χ2n) is 2.92. The molecule has 0 aromatic carbocycles. The van der Waals surface area contributed by atoms with Crippen LogP contribution < -0.4 is 10.9 Å². The molecular formula is C9H11ClN2O3S. The van der Waals surface area contributed by atoms with Crippen LogP contribution in [-0.4, -0.2) is 24.9 Å². The number of aryl methyl sites for hydroxylation is 1. The molecule has 5 nitrogen and oxygen atoms in total. The van der Waals surface area contributed by atoms with Crippen LogP contribution in [-0.2, 0) is 9.53 Å². The van der Waals surface area contributed by atoms with Crippen molar-refractivity contribution >= 4 is 40.5 Å². The van der Waals surface area contributed by atoms with Gasteiger partial charge in [0.25, 0.3) is 5.91 Å². The van der Waals surface area contributed by atoms with E-state index < -0.39 is 5.97 Å². The van der Waals surface area contributed by atoms with Gasteiger partial charge in [0, 0.05) is 0 Å². The van der Waals surface area contributed by atoms with Gasteiger partial charge in [0.2, 0.25) is 0 Å². The largest absolute Gasteiger partial charge is 0.465 e. The van der Waals surface area contributed by atoms with Gasteiger partial charge in [0.05, 0.1) is 12.8 Å². The third-order valence-electron chi connectivity index (χ3n) is 1.79. The summed E-state index contributed by atoms with van der Waals surface area (Å²) in [6.45, 7) is 1.82. The zero-order valence-corrected chi connectivity index (χ0v) is 10.4. The van der Waals surface area contributed by atoms with Crippen molar-refractivity contribution in [2.75, 3.05) is 18.4 Å². The smallest absolute Gasteiger partial charge is 0.350 e. The molecule has 0 bridgehead atoms. The van der Waals surface area contributed by atoms with Crippen LogP contribution in [0.3, 0.4) is 0 Å². The molecule has 0 aliphatic heterocycles. The number of nitrogens with one attached hydrogen (secondary N) is 2. The number of thiophene rings is 1. The first-order valence-corrected chi connectivity index (χ1v) is 5.78. The third-order valence-corrected chi connectivity index (χ3v) is 3.11. The Balaban J connectivity index is 2.81. The highest BCUT2D eigenvalue weighted by atomic mass is 35.5. The van der Waals surface area contributed by atoms with Crippen molar-refractivity contribution in [3.63, 3.8) is 0 Å². The summed E-state index contributed by atoms with van der Waals surface area (Å²) < 4.78 is 4.62. The maximum absolute atomic E-state index is 11.4. The number of halogens is 1. The Bertz CT molecular complexity index is 405. The number of methoxy groups -OCH3 is 1. The summed E-state index contributed by atoms with van der Waals surface area (Å²) in [5, 5.41) is 1.79. The summed E-state index contributed by atoms with van der Waals surface area (Å²) >= 11 is 6.57. The minimum atomic E-state index is -0.444. The predicted molar refractivity (Wildman–Crippen MR) is 62.9 cm³/mol. The fourth-order valence-corrected chi connectivity index (χ4v) is 2.00. The first-order chi connectivity index (χ1) is 7.60. The number of carbonyl (C=O) groups is 2. The Kier molecular flexibility index (Phi) is 4.57. The fraction of sp³-hybridized carbons (Fsp3) is 0.333. The van der Waals surface area contributed by atoms with Crippen molar-refractivity contribution in [3.8, 4) is 0 Å². The van der Waals surface area contributed by atoms with E-state index in [1.165, 1.54) is 18.4 Å². The van der Waals surface area contributed by atoms with Crippen molar-refractivity contribution in [1.82, 2.24) is 5.43 Å². The first kappa shape index (κ1) is 12.8. The molecule has 1 aromatic heterocycles. The normalized spacial score (nSPS) is 9.69. The summed E-state index contributed by atoms with van der Waals surface area (Å²) in [5.41, 5.74) is 6.41. The van der Waals surface area contributed by atoms with Gasteiger partial charge in [0.1, 0.15) is 10.8 Å². The van der Waals surface area contributed by atoms with Crippen LogP contribution in [0.2, 0.25) is 0 Å². The number of esters is 1. The molecule has 0 unspecified atom stereocenters. The monoisotopic (exact) mass is 262 g/mol. The number of alkyl halides is 1. The number of ether oxygens (including phenoxy) is 1.